The first-order valence-corrected chi connectivity index (χ1v) is 8.16. The highest BCUT2D eigenvalue weighted by Crippen LogP contribution is 2.23. The minimum absolute atomic E-state index is 0.113. The molecule has 0 atom stereocenters. The van der Waals surface area contributed by atoms with E-state index in [4.69, 9.17) is 0 Å². The summed E-state index contributed by atoms with van der Waals surface area (Å²) in [6, 6.07) is 2.00. The molecule has 0 bridgehead atoms. The van der Waals surface area contributed by atoms with Crippen molar-refractivity contribution in [2.24, 2.45) is 13.0 Å². The van der Waals surface area contributed by atoms with Crippen LogP contribution < -0.4 is 5.32 Å². The third kappa shape index (κ3) is 3.57. The standard InChI is InChI=1S/C17H23N5O/c1-11-4-6-13(7-5-11)20-17(23)14-8-12(2)19-16(21-14)15-9-18-10-22(15)3/h8-11,13H,4-7H2,1-3H3,(H,20,23)/t11-,13-. The average molecular weight is 313 g/mol. The molecule has 2 aromatic rings. The van der Waals surface area contributed by atoms with Crippen molar-refractivity contribution in [3.05, 3.63) is 30.0 Å². The summed E-state index contributed by atoms with van der Waals surface area (Å²) >= 11 is 0. The minimum atomic E-state index is -0.113. The fourth-order valence-electron chi connectivity index (χ4n) is 3.04. The predicted molar refractivity (Wildman–Crippen MR) is 87.9 cm³/mol. The van der Waals surface area contributed by atoms with Crippen LogP contribution in [0.2, 0.25) is 0 Å². The smallest absolute Gasteiger partial charge is 0.270 e. The van der Waals surface area contributed by atoms with E-state index in [0.29, 0.717) is 11.5 Å². The van der Waals surface area contributed by atoms with Crippen molar-refractivity contribution >= 4 is 5.91 Å². The Balaban J connectivity index is 1.78. The Hall–Kier alpha value is -2.24. The lowest BCUT2D eigenvalue weighted by atomic mass is 9.87. The number of hydrogen-bond acceptors (Lipinski definition) is 4. The second-order valence-corrected chi connectivity index (χ2v) is 6.54. The van der Waals surface area contributed by atoms with Gasteiger partial charge in [-0.3, -0.25) is 4.79 Å². The third-order valence-corrected chi connectivity index (χ3v) is 4.48. The molecule has 1 aliphatic carbocycles. The van der Waals surface area contributed by atoms with Gasteiger partial charge in [0.25, 0.3) is 5.91 Å². The molecule has 1 N–H and O–H groups in total. The molecule has 1 aliphatic rings. The molecular formula is C17H23N5O. The molecular weight excluding hydrogens is 290 g/mol. The summed E-state index contributed by atoms with van der Waals surface area (Å²) in [7, 11) is 1.89. The lowest BCUT2D eigenvalue weighted by molar-refractivity contribution is 0.0917. The van der Waals surface area contributed by atoms with E-state index in [1.807, 2.05) is 18.5 Å². The summed E-state index contributed by atoms with van der Waals surface area (Å²) in [6.45, 7) is 4.15. The second-order valence-electron chi connectivity index (χ2n) is 6.54. The van der Waals surface area contributed by atoms with Crippen LogP contribution in [0.5, 0.6) is 0 Å². The van der Waals surface area contributed by atoms with E-state index in [0.717, 1.165) is 30.1 Å². The van der Waals surface area contributed by atoms with Gasteiger partial charge in [-0.2, -0.15) is 0 Å². The van der Waals surface area contributed by atoms with Crippen LogP contribution in [0.25, 0.3) is 11.5 Å². The molecule has 23 heavy (non-hydrogen) atoms. The van der Waals surface area contributed by atoms with Gasteiger partial charge >= 0.3 is 0 Å². The third-order valence-electron chi connectivity index (χ3n) is 4.48. The van der Waals surface area contributed by atoms with Gasteiger partial charge in [0.2, 0.25) is 0 Å². The summed E-state index contributed by atoms with van der Waals surface area (Å²) in [6.07, 6.45) is 7.85. The Kier molecular flexibility index (Phi) is 4.41. The maximum atomic E-state index is 12.5. The topological polar surface area (TPSA) is 72.7 Å². The number of imidazole rings is 1. The van der Waals surface area contributed by atoms with Gasteiger partial charge in [-0.1, -0.05) is 6.92 Å². The highest BCUT2D eigenvalue weighted by molar-refractivity contribution is 5.92. The highest BCUT2D eigenvalue weighted by Gasteiger charge is 2.21. The van der Waals surface area contributed by atoms with Gasteiger partial charge < -0.3 is 9.88 Å². The number of carbonyl (C=O) groups excluding carboxylic acids is 1. The second kappa shape index (κ2) is 6.48. The van der Waals surface area contributed by atoms with E-state index in [2.05, 4.69) is 27.2 Å². The highest BCUT2D eigenvalue weighted by atomic mass is 16.1. The molecule has 0 spiro atoms. The lowest BCUT2D eigenvalue weighted by Crippen LogP contribution is -2.37. The van der Waals surface area contributed by atoms with Crippen molar-refractivity contribution in [1.82, 2.24) is 24.8 Å². The van der Waals surface area contributed by atoms with Crippen molar-refractivity contribution in [3.8, 4) is 11.5 Å². The van der Waals surface area contributed by atoms with E-state index in [1.54, 1.807) is 18.6 Å². The van der Waals surface area contributed by atoms with Crippen molar-refractivity contribution in [3.63, 3.8) is 0 Å². The molecule has 1 fully saturated rings. The molecule has 0 aliphatic heterocycles. The van der Waals surface area contributed by atoms with Gasteiger partial charge in [-0.25, -0.2) is 15.0 Å². The maximum absolute atomic E-state index is 12.5. The van der Waals surface area contributed by atoms with Crippen LogP contribution in [-0.4, -0.2) is 31.5 Å². The summed E-state index contributed by atoms with van der Waals surface area (Å²) in [5, 5.41) is 3.12. The zero-order valence-electron chi connectivity index (χ0n) is 13.9. The zero-order chi connectivity index (χ0) is 16.4. The first kappa shape index (κ1) is 15.6. The number of carbonyl (C=O) groups is 1. The quantitative estimate of drug-likeness (QED) is 0.945. The van der Waals surface area contributed by atoms with E-state index < -0.39 is 0 Å². The van der Waals surface area contributed by atoms with Gasteiger partial charge in [0.15, 0.2) is 5.82 Å². The molecule has 0 aromatic carbocycles. The molecule has 1 amide bonds. The van der Waals surface area contributed by atoms with E-state index in [9.17, 15) is 4.79 Å². The van der Waals surface area contributed by atoms with Crippen molar-refractivity contribution in [2.75, 3.05) is 0 Å². The SMILES string of the molecule is Cc1cc(C(=O)N[C@H]2CC[C@H](C)CC2)nc(-c2cncn2C)n1. The molecule has 0 saturated heterocycles. The minimum Gasteiger partial charge on any atom is -0.348 e. The average Bonchev–Trinajstić information content (AvgIpc) is 2.95. The van der Waals surface area contributed by atoms with Gasteiger partial charge in [-0.15, -0.1) is 0 Å². The molecule has 2 aromatic heterocycles. The Morgan fingerprint density at radius 2 is 2.00 bits per heavy atom. The first-order valence-electron chi connectivity index (χ1n) is 8.16. The normalized spacial score (nSPS) is 21.2. The van der Waals surface area contributed by atoms with Crippen molar-refractivity contribution in [2.45, 2.75) is 45.6 Å². The first-order chi connectivity index (χ1) is 11.0. The van der Waals surface area contributed by atoms with Crippen LogP contribution in [-0.2, 0) is 7.05 Å². The van der Waals surface area contributed by atoms with Gasteiger partial charge in [-0.05, 0) is 44.6 Å². The molecule has 6 nitrogen and oxygen atoms in total. The number of nitrogens with zero attached hydrogens (tertiary/aromatic N) is 4. The molecule has 6 heteroatoms. The Bertz CT molecular complexity index is 701. The van der Waals surface area contributed by atoms with Crippen LogP contribution in [0.1, 0.15) is 48.8 Å². The number of nitrogens with one attached hydrogen (secondary N) is 1. The summed E-state index contributed by atoms with van der Waals surface area (Å²) in [4.78, 5) is 25.5. The van der Waals surface area contributed by atoms with Crippen LogP contribution in [0.4, 0.5) is 0 Å². The largest absolute Gasteiger partial charge is 0.348 e. The Morgan fingerprint density at radius 3 is 2.65 bits per heavy atom. The molecule has 0 unspecified atom stereocenters. The fourth-order valence-corrected chi connectivity index (χ4v) is 3.04. The number of amides is 1. The molecule has 2 heterocycles. The maximum Gasteiger partial charge on any atom is 0.270 e. The van der Waals surface area contributed by atoms with Gasteiger partial charge in [0.05, 0.1) is 12.5 Å². The number of rotatable bonds is 3. The van der Waals surface area contributed by atoms with E-state index in [-0.39, 0.29) is 11.9 Å². The Labute approximate surface area is 136 Å². The molecule has 1 saturated carbocycles. The van der Waals surface area contributed by atoms with E-state index >= 15 is 0 Å². The number of hydrogen-bond donors (Lipinski definition) is 1. The van der Waals surface area contributed by atoms with Crippen LogP contribution in [0, 0.1) is 12.8 Å². The van der Waals surface area contributed by atoms with Crippen molar-refractivity contribution in [1.29, 1.82) is 0 Å². The van der Waals surface area contributed by atoms with Crippen LogP contribution >= 0.6 is 0 Å². The molecule has 0 radical (unpaired) electrons. The molecule has 3 rings (SSSR count). The Morgan fingerprint density at radius 1 is 1.26 bits per heavy atom. The lowest BCUT2D eigenvalue weighted by Gasteiger charge is -2.26. The summed E-state index contributed by atoms with van der Waals surface area (Å²) < 4.78 is 1.85. The summed E-state index contributed by atoms with van der Waals surface area (Å²) in [5.74, 6) is 1.19. The zero-order valence-corrected chi connectivity index (χ0v) is 13.9. The fraction of sp³-hybridized carbons (Fsp3) is 0.529. The number of aryl methyl sites for hydroxylation is 2. The summed E-state index contributed by atoms with van der Waals surface area (Å²) in [5.41, 5.74) is 2.00. The number of aromatic nitrogens is 4. The van der Waals surface area contributed by atoms with E-state index in [1.165, 1.54) is 12.8 Å². The van der Waals surface area contributed by atoms with Crippen LogP contribution in [0.15, 0.2) is 18.6 Å². The van der Waals surface area contributed by atoms with Crippen molar-refractivity contribution < 1.29 is 4.79 Å². The molecule has 122 valence electrons. The predicted octanol–water partition coefficient (Wildman–Crippen LogP) is 2.49. The van der Waals surface area contributed by atoms with Gasteiger partial charge in [0.1, 0.15) is 11.4 Å². The van der Waals surface area contributed by atoms with Crippen LogP contribution in [0.3, 0.4) is 0 Å². The monoisotopic (exact) mass is 313 g/mol. The van der Waals surface area contributed by atoms with Gasteiger partial charge in [0, 0.05) is 18.8 Å².